The molecule has 0 radical (unpaired) electrons. The second-order valence-electron chi connectivity index (χ2n) is 3.74. The average molecular weight is 221 g/mol. The summed E-state index contributed by atoms with van der Waals surface area (Å²) in [4.78, 5) is 15.2. The molecule has 86 valence electrons. The third-order valence-electron chi connectivity index (χ3n) is 2.51. The Kier molecular flexibility index (Phi) is 3.21. The number of nitrogen functional groups attached to an aromatic ring is 1. The van der Waals surface area contributed by atoms with Gasteiger partial charge in [-0.25, -0.2) is 10.8 Å². The molecule has 0 spiro atoms. The Labute approximate surface area is 93.6 Å². The molecule has 6 heteroatoms. The summed E-state index contributed by atoms with van der Waals surface area (Å²) < 4.78 is 0. The molecule has 1 aromatic heterocycles. The Hall–Kier alpha value is -1.82. The average Bonchev–Trinajstić information content (AvgIpc) is 2.32. The molecule has 1 unspecified atom stereocenters. The zero-order valence-electron chi connectivity index (χ0n) is 8.86. The summed E-state index contributed by atoms with van der Waals surface area (Å²) in [6, 6.07) is 5.76. The van der Waals surface area contributed by atoms with E-state index in [9.17, 15) is 4.79 Å². The predicted molar refractivity (Wildman–Crippen MR) is 61.7 cm³/mol. The van der Waals surface area contributed by atoms with Crippen LogP contribution in [0, 0.1) is 0 Å². The van der Waals surface area contributed by atoms with Crippen LogP contribution in [-0.4, -0.2) is 23.5 Å². The summed E-state index contributed by atoms with van der Waals surface area (Å²) in [5.41, 5.74) is 2.49. The van der Waals surface area contributed by atoms with Gasteiger partial charge in [0.15, 0.2) is 0 Å². The van der Waals surface area contributed by atoms with Gasteiger partial charge in [0.2, 0.25) is 5.91 Å². The molecule has 2 rings (SSSR count). The lowest BCUT2D eigenvalue weighted by Crippen LogP contribution is -2.42. The van der Waals surface area contributed by atoms with E-state index in [-0.39, 0.29) is 11.9 Å². The number of carbonyl (C=O) groups is 1. The number of anilines is 2. The Morgan fingerprint density at radius 1 is 1.44 bits per heavy atom. The van der Waals surface area contributed by atoms with Gasteiger partial charge in [0.05, 0.1) is 0 Å². The van der Waals surface area contributed by atoms with Crippen LogP contribution in [0.3, 0.4) is 0 Å². The van der Waals surface area contributed by atoms with Crippen LogP contribution in [0.25, 0.3) is 0 Å². The monoisotopic (exact) mass is 221 g/mol. The number of hydrogen-bond donors (Lipinski definition) is 4. The van der Waals surface area contributed by atoms with E-state index in [1.54, 1.807) is 6.07 Å². The van der Waals surface area contributed by atoms with Crippen LogP contribution in [0.5, 0.6) is 0 Å². The van der Waals surface area contributed by atoms with Gasteiger partial charge in [0, 0.05) is 19.0 Å². The lowest BCUT2D eigenvalue weighted by atomic mass is 10.1. The van der Waals surface area contributed by atoms with Crippen LogP contribution < -0.4 is 21.9 Å². The van der Waals surface area contributed by atoms with Crippen molar-refractivity contribution in [2.75, 3.05) is 17.3 Å². The van der Waals surface area contributed by atoms with Gasteiger partial charge >= 0.3 is 0 Å². The van der Waals surface area contributed by atoms with Crippen molar-refractivity contribution in [3.63, 3.8) is 0 Å². The highest BCUT2D eigenvalue weighted by molar-refractivity contribution is 5.77. The Balaban J connectivity index is 1.95. The predicted octanol–water partition coefficient (Wildman–Crippen LogP) is 0.0577. The van der Waals surface area contributed by atoms with E-state index in [1.165, 1.54) is 0 Å². The van der Waals surface area contributed by atoms with Crippen molar-refractivity contribution in [2.24, 2.45) is 5.84 Å². The van der Waals surface area contributed by atoms with Crippen LogP contribution >= 0.6 is 0 Å². The fourth-order valence-electron chi connectivity index (χ4n) is 1.66. The molecule has 16 heavy (non-hydrogen) atoms. The van der Waals surface area contributed by atoms with Crippen LogP contribution in [0.15, 0.2) is 18.2 Å². The van der Waals surface area contributed by atoms with E-state index in [4.69, 9.17) is 5.84 Å². The fraction of sp³-hybridized carbons (Fsp3) is 0.400. The fourth-order valence-corrected chi connectivity index (χ4v) is 1.66. The molecular formula is C10H15N5O. The number of hydrazine groups is 1. The number of amides is 1. The molecule has 1 atom stereocenters. The number of piperidine rings is 1. The first kappa shape index (κ1) is 10.7. The van der Waals surface area contributed by atoms with Crippen molar-refractivity contribution in [2.45, 2.75) is 18.9 Å². The highest BCUT2D eigenvalue weighted by Gasteiger charge is 2.17. The first-order valence-electron chi connectivity index (χ1n) is 5.25. The zero-order chi connectivity index (χ0) is 11.4. The van der Waals surface area contributed by atoms with Gasteiger partial charge in [0.25, 0.3) is 0 Å². The Morgan fingerprint density at radius 3 is 2.94 bits per heavy atom. The zero-order valence-corrected chi connectivity index (χ0v) is 8.86. The van der Waals surface area contributed by atoms with Crippen LogP contribution in [0.2, 0.25) is 0 Å². The van der Waals surface area contributed by atoms with Gasteiger partial charge in [-0.15, -0.1) is 0 Å². The lowest BCUT2D eigenvalue weighted by molar-refractivity contribution is -0.122. The van der Waals surface area contributed by atoms with E-state index < -0.39 is 0 Å². The maximum absolute atomic E-state index is 11.0. The van der Waals surface area contributed by atoms with E-state index in [1.807, 2.05) is 12.1 Å². The van der Waals surface area contributed by atoms with E-state index in [2.05, 4.69) is 21.0 Å². The number of nitrogens with one attached hydrogen (secondary N) is 3. The molecule has 0 aliphatic carbocycles. The number of hydrogen-bond acceptors (Lipinski definition) is 5. The number of carbonyl (C=O) groups excluding carboxylic acids is 1. The molecule has 5 N–H and O–H groups in total. The molecular weight excluding hydrogens is 206 g/mol. The van der Waals surface area contributed by atoms with Crippen molar-refractivity contribution in [3.05, 3.63) is 18.2 Å². The van der Waals surface area contributed by atoms with Gasteiger partial charge in [0.1, 0.15) is 11.6 Å². The second kappa shape index (κ2) is 4.80. The minimum absolute atomic E-state index is 0.114. The molecule has 0 saturated carbocycles. The van der Waals surface area contributed by atoms with E-state index in [0.29, 0.717) is 18.8 Å². The van der Waals surface area contributed by atoms with E-state index in [0.717, 1.165) is 12.2 Å². The maximum atomic E-state index is 11.0. The molecule has 0 bridgehead atoms. The van der Waals surface area contributed by atoms with Gasteiger partial charge in [-0.2, -0.15) is 0 Å². The molecule has 0 aromatic carbocycles. The Morgan fingerprint density at radius 2 is 2.25 bits per heavy atom. The van der Waals surface area contributed by atoms with Gasteiger partial charge in [-0.3, -0.25) is 4.79 Å². The summed E-state index contributed by atoms with van der Waals surface area (Å²) >= 11 is 0. The normalized spacial score (nSPS) is 20.1. The van der Waals surface area contributed by atoms with Crippen molar-refractivity contribution in [1.29, 1.82) is 0 Å². The first-order chi connectivity index (χ1) is 7.78. The van der Waals surface area contributed by atoms with Gasteiger partial charge < -0.3 is 16.1 Å². The highest BCUT2D eigenvalue weighted by atomic mass is 16.1. The third kappa shape index (κ3) is 2.60. The van der Waals surface area contributed by atoms with E-state index >= 15 is 0 Å². The van der Waals surface area contributed by atoms with Crippen molar-refractivity contribution < 1.29 is 4.79 Å². The van der Waals surface area contributed by atoms with Crippen LogP contribution in [0.1, 0.15) is 12.8 Å². The number of pyridine rings is 1. The van der Waals surface area contributed by atoms with Crippen molar-refractivity contribution in [3.8, 4) is 0 Å². The summed E-state index contributed by atoms with van der Waals surface area (Å²) in [6.45, 7) is 0.640. The Bertz CT molecular complexity index is 371. The maximum Gasteiger partial charge on any atom is 0.220 e. The topological polar surface area (TPSA) is 92.1 Å². The largest absolute Gasteiger partial charge is 0.365 e. The standard InChI is InChI=1S/C10H15N5O/c11-15-9-3-1-2-8(14-9)13-7-4-5-10(16)12-6-7/h1-3,7H,4-6,11H2,(H,12,16)(H2,13,14,15). The minimum Gasteiger partial charge on any atom is -0.365 e. The molecule has 1 aliphatic rings. The minimum atomic E-state index is 0.114. The summed E-state index contributed by atoms with van der Waals surface area (Å²) in [5.74, 6) is 6.76. The lowest BCUT2D eigenvalue weighted by Gasteiger charge is -2.24. The summed E-state index contributed by atoms with van der Waals surface area (Å²) in [6.07, 6.45) is 1.39. The van der Waals surface area contributed by atoms with Gasteiger partial charge in [-0.05, 0) is 18.6 Å². The molecule has 1 aliphatic heterocycles. The number of rotatable bonds is 3. The highest BCUT2D eigenvalue weighted by Crippen LogP contribution is 2.12. The third-order valence-corrected chi connectivity index (χ3v) is 2.51. The second-order valence-corrected chi connectivity index (χ2v) is 3.74. The van der Waals surface area contributed by atoms with Gasteiger partial charge in [-0.1, -0.05) is 6.07 Å². The number of aromatic nitrogens is 1. The molecule has 1 fully saturated rings. The molecule has 2 heterocycles. The summed E-state index contributed by atoms with van der Waals surface area (Å²) in [7, 11) is 0. The molecule has 1 amide bonds. The smallest absolute Gasteiger partial charge is 0.220 e. The van der Waals surface area contributed by atoms with Crippen LogP contribution in [0.4, 0.5) is 11.6 Å². The summed E-state index contributed by atoms with van der Waals surface area (Å²) in [5, 5.41) is 6.07. The quantitative estimate of drug-likeness (QED) is 0.428. The number of nitrogens with zero attached hydrogens (tertiary/aromatic N) is 1. The molecule has 6 nitrogen and oxygen atoms in total. The molecule has 1 aromatic rings. The SMILES string of the molecule is NNc1cccc(NC2CCC(=O)NC2)n1. The first-order valence-corrected chi connectivity index (χ1v) is 5.25. The number of nitrogens with two attached hydrogens (primary N) is 1. The molecule has 1 saturated heterocycles. The van der Waals surface area contributed by atoms with Crippen molar-refractivity contribution in [1.82, 2.24) is 10.3 Å². The van der Waals surface area contributed by atoms with Crippen LogP contribution in [-0.2, 0) is 4.79 Å². The van der Waals surface area contributed by atoms with Crippen molar-refractivity contribution >= 4 is 17.5 Å².